The second kappa shape index (κ2) is 7.92. The highest BCUT2D eigenvalue weighted by Crippen LogP contribution is 2.21. The number of hydrogen-bond acceptors (Lipinski definition) is 3. The minimum Gasteiger partial charge on any atom is -0.344 e. The molecule has 0 radical (unpaired) electrons. The van der Waals surface area contributed by atoms with Crippen LogP contribution in [0, 0.1) is 6.92 Å². The molecule has 1 aromatic heterocycles. The van der Waals surface area contributed by atoms with Crippen molar-refractivity contribution in [2.45, 2.75) is 38.6 Å². The van der Waals surface area contributed by atoms with Crippen molar-refractivity contribution in [2.75, 3.05) is 11.4 Å². The Morgan fingerprint density at radius 3 is 2.76 bits per heavy atom. The molecule has 5 nitrogen and oxygen atoms in total. The minimum atomic E-state index is -0.439. The Morgan fingerprint density at radius 2 is 2.04 bits per heavy atom. The van der Waals surface area contributed by atoms with Crippen LogP contribution in [-0.4, -0.2) is 29.4 Å². The zero-order valence-electron chi connectivity index (χ0n) is 14.4. The molecule has 2 aromatic rings. The highest BCUT2D eigenvalue weighted by atomic mass is 16.2. The van der Waals surface area contributed by atoms with Gasteiger partial charge < -0.3 is 10.2 Å². The van der Waals surface area contributed by atoms with Crippen LogP contribution in [0.25, 0.3) is 0 Å². The number of pyridine rings is 1. The molecule has 2 heterocycles. The first-order valence-corrected chi connectivity index (χ1v) is 8.71. The maximum absolute atomic E-state index is 12.7. The Morgan fingerprint density at radius 1 is 1.24 bits per heavy atom. The Labute approximate surface area is 148 Å². The third-order valence-electron chi connectivity index (χ3n) is 4.45. The van der Waals surface area contributed by atoms with Crippen LogP contribution < -0.4 is 10.2 Å². The molecule has 0 bridgehead atoms. The van der Waals surface area contributed by atoms with Gasteiger partial charge in [-0.1, -0.05) is 23.8 Å². The molecule has 1 atom stereocenters. The molecule has 1 aromatic carbocycles. The average molecular weight is 337 g/mol. The molecule has 130 valence electrons. The zero-order valence-corrected chi connectivity index (χ0v) is 14.4. The van der Waals surface area contributed by atoms with E-state index in [-0.39, 0.29) is 11.8 Å². The predicted octanol–water partition coefficient (Wildman–Crippen LogP) is 2.63. The lowest BCUT2D eigenvalue weighted by molar-refractivity contribution is -0.128. The van der Waals surface area contributed by atoms with Gasteiger partial charge in [0.1, 0.15) is 6.04 Å². The van der Waals surface area contributed by atoms with Crippen molar-refractivity contribution in [1.82, 2.24) is 10.3 Å². The van der Waals surface area contributed by atoms with Crippen LogP contribution >= 0.6 is 0 Å². The van der Waals surface area contributed by atoms with E-state index < -0.39 is 6.04 Å². The summed E-state index contributed by atoms with van der Waals surface area (Å²) in [4.78, 5) is 30.9. The van der Waals surface area contributed by atoms with E-state index in [1.54, 1.807) is 11.1 Å². The third kappa shape index (κ3) is 4.44. The summed E-state index contributed by atoms with van der Waals surface area (Å²) in [6.07, 6.45) is 4.21. The number of aryl methyl sites for hydroxylation is 2. The Hall–Kier alpha value is -2.69. The molecule has 0 saturated carbocycles. The van der Waals surface area contributed by atoms with Crippen molar-refractivity contribution in [2.24, 2.45) is 0 Å². The summed E-state index contributed by atoms with van der Waals surface area (Å²) >= 11 is 0. The maximum Gasteiger partial charge on any atom is 0.249 e. The van der Waals surface area contributed by atoms with Crippen molar-refractivity contribution < 1.29 is 9.59 Å². The van der Waals surface area contributed by atoms with Gasteiger partial charge in [-0.2, -0.15) is 0 Å². The van der Waals surface area contributed by atoms with Crippen LogP contribution in [0.4, 0.5) is 5.69 Å². The number of piperidine rings is 1. The first kappa shape index (κ1) is 17.1. The largest absolute Gasteiger partial charge is 0.344 e. The van der Waals surface area contributed by atoms with E-state index in [4.69, 9.17) is 0 Å². The van der Waals surface area contributed by atoms with E-state index in [0.717, 1.165) is 23.4 Å². The Balaban J connectivity index is 1.57. The van der Waals surface area contributed by atoms with Crippen LogP contribution in [0.5, 0.6) is 0 Å². The molecule has 0 unspecified atom stereocenters. The molecular weight excluding hydrogens is 314 g/mol. The van der Waals surface area contributed by atoms with Crippen molar-refractivity contribution in [3.05, 3.63) is 59.9 Å². The first-order valence-electron chi connectivity index (χ1n) is 8.71. The monoisotopic (exact) mass is 337 g/mol. The molecule has 1 N–H and O–H groups in total. The molecule has 2 amide bonds. The van der Waals surface area contributed by atoms with E-state index in [1.807, 2.05) is 49.4 Å². The number of hydrogen-bond donors (Lipinski definition) is 1. The number of amides is 2. The first-order chi connectivity index (χ1) is 12.1. The number of carbonyl (C=O) groups excluding carboxylic acids is 2. The fourth-order valence-corrected chi connectivity index (χ4v) is 3.04. The third-order valence-corrected chi connectivity index (χ3v) is 4.45. The van der Waals surface area contributed by atoms with Gasteiger partial charge in [0, 0.05) is 30.5 Å². The lowest BCUT2D eigenvalue weighted by atomic mass is 10.0. The lowest BCUT2D eigenvalue weighted by Crippen LogP contribution is -2.52. The molecule has 1 aliphatic heterocycles. The van der Waals surface area contributed by atoms with E-state index >= 15 is 0 Å². The topological polar surface area (TPSA) is 62.3 Å². The zero-order chi connectivity index (χ0) is 17.6. The molecule has 0 aliphatic carbocycles. The summed E-state index contributed by atoms with van der Waals surface area (Å²) in [5, 5.41) is 2.89. The second-order valence-corrected chi connectivity index (χ2v) is 6.41. The van der Waals surface area contributed by atoms with Gasteiger partial charge in [-0.15, -0.1) is 0 Å². The van der Waals surface area contributed by atoms with Crippen LogP contribution in [0.2, 0.25) is 0 Å². The number of nitrogens with zero attached hydrogens (tertiary/aromatic N) is 2. The summed E-state index contributed by atoms with van der Waals surface area (Å²) in [7, 11) is 0. The Bertz CT molecular complexity index is 728. The van der Waals surface area contributed by atoms with E-state index in [1.165, 1.54) is 0 Å². The van der Waals surface area contributed by atoms with Crippen molar-refractivity contribution >= 4 is 17.5 Å². The highest BCUT2D eigenvalue weighted by molar-refractivity contribution is 5.99. The van der Waals surface area contributed by atoms with Crippen LogP contribution in [-0.2, 0) is 16.0 Å². The lowest BCUT2D eigenvalue weighted by Gasteiger charge is -2.32. The predicted molar refractivity (Wildman–Crippen MR) is 97.3 cm³/mol. The maximum atomic E-state index is 12.7. The smallest absolute Gasteiger partial charge is 0.249 e. The second-order valence-electron chi connectivity index (χ2n) is 6.41. The van der Waals surface area contributed by atoms with Gasteiger partial charge in [0.25, 0.3) is 0 Å². The molecular formula is C20H23N3O2. The van der Waals surface area contributed by atoms with Gasteiger partial charge in [0.2, 0.25) is 11.8 Å². The molecule has 5 heteroatoms. The van der Waals surface area contributed by atoms with Crippen molar-refractivity contribution in [1.29, 1.82) is 0 Å². The summed E-state index contributed by atoms with van der Waals surface area (Å²) in [6.45, 7) is 2.72. The molecule has 1 aliphatic rings. The number of aromatic nitrogens is 1. The SMILES string of the molecule is Cc1ccc(N2CCC[C@@H](NC(=O)CCc3ccccn3)C2=O)cc1. The molecule has 1 fully saturated rings. The fourth-order valence-electron chi connectivity index (χ4n) is 3.04. The van der Waals surface area contributed by atoms with E-state index in [2.05, 4.69) is 10.3 Å². The van der Waals surface area contributed by atoms with Gasteiger partial charge in [-0.25, -0.2) is 0 Å². The van der Waals surface area contributed by atoms with Gasteiger partial charge in [0.05, 0.1) is 0 Å². The minimum absolute atomic E-state index is 0.0266. The number of rotatable bonds is 5. The number of nitrogens with one attached hydrogen (secondary N) is 1. The number of anilines is 1. The average Bonchev–Trinajstić information content (AvgIpc) is 2.63. The van der Waals surface area contributed by atoms with Crippen molar-refractivity contribution in [3.63, 3.8) is 0 Å². The van der Waals surface area contributed by atoms with Crippen LogP contribution in [0.3, 0.4) is 0 Å². The molecule has 0 spiro atoms. The van der Waals surface area contributed by atoms with Gasteiger partial charge in [-0.05, 0) is 50.5 Å². The highest BCUT2D eigenvalue weighted by Gasteiger charge is 2.30. The van der Waals surface area contributed by atoms with E-state index in [0.29, 0.717) is 25.8 Å². The standard InChI is InChI=1S/C20H23N3O2/c1-15-7-10-17(11-8-15)23-14-4-6-18(20(23)25)22-19(24)12-9-16-5-2-3-13-21-16/h2-3,5,7-8,10-11,13,18H,4,6,9,12,14H2,1H3,(H,22,24)/t18-/m1/s1. The summed E-state index contributed by atoms with van der Waals surface area (Å²) in [5.41, 5.74) is 2.93. The fraction of sp³-hybridized carbons (Fsp3) is 0.350. The Kier molecular flexibility index (Phi) is 5.43. The van der Waals surface area contributed by atoms with Crippen LogP contribution in [0.1, 0.15) is 30.5 Å². The van der Waals surface area contributed by atoms with Gasteiger partial charge >= 0.3 is 0 Å². The molecule has 25 heavy (non-hydrogen) atoms. The normalized spacial score (nSPS) is 17.4. The van der Waals surface area contributed by atoms with Gasteiger partial charge in [0.15, 0.2) is 0 Å². The van der Waals surface area contributed by atoms with E-state index in [9.17, 15) is 9.59 Å². The van der Waals surface area contributed by atoms with Gasteiger partial charge in [-0.3, -0.25) is 14.6 Å². The molecule has 1 saturated heterocycles. The van der Waals surface area contributed by atoms with Crippen molar-refractivity contribution in [3.8, 4) is 0 Å². The summed E-state index contributed by atoms with van der Waals surface area (Å²) in [5.74, 6) is -0.129. The number of carbonyl (C=O) groups is 2. The number of benzene rings is 1. The molecule has 3 rings (SSSR count). The summed E-state index contributed by atoms with van der Waals surface area (Å²) < 4.78 is 0. The summed E-state index contributed by atoms with van der Waals surface area (Å²) in [6, 6.07) is 13.1. The quantitative estimate of drug-likeness (QED) is 0.912. The van der Waals surface area contributed by atoms with Crippen LogP contribution in [0.15, 0.2) is 48.7 Å².